The Morgan fingerprint density at radius 2 is 2.33 bits per heavy atom. The number of carbonyl (C=O) groups is 1. The van der Waals surface area contributed by atoms with Crippen molar-refractivity contribution in [2.24, 2.45) is 0 Å². The zero-order chi connectivity index (χ0) is 13.5. The molecule has 2 N–H and O–H groups in total. The van der Waals surface area contributed by atoms with Gasteiger partial charge >= 0.3 is 6.03 Å². The highest BCUT2D eigenvalue weighted by Crippen LogP contribution is 2.25. The fourth-order valence-electron chi connectivity index (χ4n) is 1.49. The van der Waals surface area contributed by atoms with E-state index in [0.29, 0.717) is 17.3 Å². The van der Waals surface area contributed by atoms with E-state index in [9.17, 15) is 4.79 Å². The van der Waals surface area contributed by atoms with Gasteiger partial charge in [0.25, 0.3) is 0 Å². The lowest BCUT2D eigenvalue weighted by Crippen LogP contribution is -2.37. The molecule has 18 heavy (non-hydrogen) atoms. The lowest BCUT2D eigenvalue weighted by atomic mass is 10.2. The van der Waals surface area contributed by atoms with E-state index < -0.39 is 0 Å². The SMILES string of the molecule is C=CCN(CCO)C(=O)Nc1cccc(C)c1Cl. The van der Waals surface area contributed by atoms with Crippen molar-refractivity contribution in [2.45, 2.75) is 6.92 Å². The summed E-state index contributed by atoms with van der Waals surface area (Å²) in [6.45, 7) is 5.97. The molecular weight excluding hydrogens is 252 g/mol. The molecule has 0 heterocycles. The van der Waals surface area contributed by atoms with E-state index in [2.05, 4.69) is 11.9 Å². The van der Waals surface area contributed by atoms with Crippen molar-refractivity contribution in [3.63, 3.8) is 0 Å². The number of aliphatic hydroxyl groups is 1. The van der Waals surface area contributed by atoms with Crippen molar-refractivity contribution in [1.29, 1.82) is 0 Å². The van der Waals surface area contributed by atoms with Crippen LogP contribution in [0.3, 0.4) is 0 Å². The minimum Gasteiger partial charge on any atom is -0.395 e. The molecule has 0 aliphatic carbocycles. The molecule has 0 aliphatic heterocycles. The molecule has 0 saturated carbocycles. The van der Waals surface area contributed by atoms with E-state index >= 15 is 0 Å². The van der Waals surface area contributed by atoms with Crippen LogP contribution in [0.5, 0.6) is 0 Å². The van der Waals surface area contributed by atoms with Crippen molar-refractivity contribution in [2.75, 3.05) is 25.0 Å². The van der Waals surface area contributed by atoms with Crippen LogP contribution in [0.2, 0.25) is 5.02 Å². The van der Waals surface area contributed by atoms with Crippen LogP contribution in [-0.4, -0.2) is 35.7 Å². The maximum absolute atomic E-state index is 12.0. The van der Waals surface area contributed by atoms with Crippen LogP contribution >= 0.6 is 11.6 Å². The molecule has 0 bridgehead atoms. The van der Waals surface area contributed by atoms with Crippen molar-refractivity contribution < 1.29 is 9.90 Å². The van der Waals surface area contributed by atoms with E-state index in [0.717, 1.165) is 5.56 Å². The minimum atomic E-state index is -0.309. The number of carbonyl (C=O) groups excluding carboxylic acids is 1. The molecule has 0 atom stereocenters. The van der Waals surface area contributed by atoms with Crippen LogP contribution in [0.25, 0.3) is 0 Å². The second kappa shape index (κ2) is 7.03. The van der Waals surface area contributed by atoms with E-state index in [1.54, 1.807) is 12.1 Å². The third-order valence-electron chi connectivity index (χ3n) is 2.44. The van der Waals surface area contributed by atoms with Gasteiger partial charge in [-0.25, -0.2) is 4.79 Å². The van der Waals surface area contributed by atoms with E-state index in [1.165, 1.54) is 4.90 Å². The number of anilines is 1. The van der Waals surface area contributed by atoms with Crippen molar-refractivity contribution in [3.05, 3.63) is 41.4 Å². The van der Waals surface area contributed by atoms with E-state index in [1.807, 2.05) is 19.1 Å². The Hall–Kier alpha value is -1.52. The molecular formula is C13H17ClN2O2. The standard InChI is InChI=1S/C13H17ClN2O2/c1-3-7-16(8-9-17)13(18)15-11-6-4-5-10(2)12(11)14/h3-6,17H,1,7-9H2,2H3,(H,15,18). The first-order valence-electron chi connectivity index (χ1n) is 5.63. The third kappa shape index (κ3) is 3.75. The second-order valence-electron chi connectivity index (χ2n) is 3.82. The fraction of sp³-hybridized carbons (Fsp3) is 0.308. The Labute approximate surface area is 112 Å². The Balaban J connectivity index is 2.78. The number of nitrogens with zero attached hydrogens (tertiary/aromatic N) is 1. The summed E-state index contributed by atoms with van der Waals surface area (Å²) in [6.07, 6.45) is 1.60. The third-order valence-corrected chi connectivity index (χ3v) is 2.94. The number of rotatable bonds is 5. The van der Waals surface area contributed by atoms with Crippen LogP contribution in [0.1, 0.15) is 5.56 Å². The summed E-state index contributed by atoms with van der Waals surface area (Å²) in [5, 5.41) is 12.1. The number of aryl methyl sites for hydroxylation is 1. The van der Waals surface area contributed by atoms with Gasteiger partial charge in [0.2, 0.25) is 0 Å². The second-order valence-corrected chi connectivity index (χ2v) is 4.20. The molecule has 1 aromatic rings. The zero-order valence-corrected chi connectivity index (χ0v) is 11.1. The van der Waals surface area contributed by atoms with Gasteiger partial charge in [0.05, 0.1) is 17.3 Å². The van der Waals surface area contributed by atoms with Crippen LogP contribution in [0, 0.1) is 6.92 Å². The van der Waals surface area contributed by atoms with Gasteiger partial charge in [-0.2, -0.15) is 0 Å². The zero-order valence-electron chi connectivity index (χ0n) is 10.3. The highest BCUT2D eigenvalue weighted by atomic mass is 35.5. The van der Waals surface area contributed by atoms with E-state index in [4.69, 9.17) is 16.7 Å². The average Bonchev–Trinajstić information content (AvgIpc) is 2.34. The van der Waals surface area contributed by atoms with Gasteiger partial charge in [-0.15, -0.1) is 6.58 Å². The highest BCUT2D eigenvalue weighted by Gasteiger charge is 2.13. The van der Waals surface area contributed by atoms with Crippen LogP contribution in [0.15, 0.2) is 30.9 Å². The number of nitrogens with one attached hydrogen (secondary N) is 1. The van der Waals surface area contributed by atoms with Gasteiger partial charge in [0.1, 0.15) is 0 Å². The Morgan fingerprint density at radius 1 is 1.61 bits per heavy atom. The summed E-state index contributed by atoms with van der Waals surface area (Å²) in [5.41, 5.74) is 1.46. The summed E-state index contributed by atoms with van der Waals surface area (Å²) in [5.74, 6) is 0. The number of halogens is 1. The molecule has 5 heteroatoms. The number of hydrogen-bond acceptors (Lipinski definition) is 2. The van der Waals surface area contributed by atoms with Crippen molar-refractivity contribution in [3.8, 4) is 0 Å². The van der Waals surface area contributed by atoms with Crippen LogP contribution in [-0.2, 0) is 0 Å². The maximum Gasteiger partial charge on any atom is 0.322 e. The summed E-state index contributed by atoms with van der Waals surface area (Å²) in [6, 6.07) is 5.11. The largest absolute Gasteiger partial charge is 0.395 e. The van der Waals surface area contributed by atoms with Gasteiger partial charge in [-0.1, -0.05) is 29.8 Å². The molecule has 0 radical (unpaired) electrons. The molecule has 1 aromatic carbocycles. The number of benzene rings is 1. The molecule has 4 nitrogen and oxygen atoms in total. The van der Waals surface area contributed by atoms with Crippen molar-refractivity contribution in [1.82, 2.24) is 4.90 Å². The number of aliphatic hydroxyl groups excluding tert-OH is 1. The Morgan fingerprint density at radius 3 is 2.94 bits per heavy atom. The average molecular weight is 269 g/mol. The quantitative estimate of drug-likeness (QED) is 0.807. The van der Waals surface area contributed by atoms with Crippen molar-refractivity contribution >= 4 is 23.3 Å². The first kappa shape index (κ1) is 14.5. The smallest absolute Gasteiger partial charge is 0.322 e. The van der Waals surface area contributed by atoms with Crippen LogP contribution < -0.4 is 5.32 Å². The van der Waals surface area contributed by atoms with E-state index in [-0.39, 0.29) is 19.2 Å². The molecule has 98 valence electrons. The van der Waals surface area contributed by atoms with Gasteiger partial charge in [-0.05, 0) is 18.6 Å². The molecule has 0 aliphatic rings. The number of hydrogen-bond donors (Lipinski definition) is 2. The van der Waals surface area contributed by atoms with Gasteiger partial charge in [-0.3, -0.25) is 0 Å². The molecule has 0 fully saturated rings. The molecule has 0 aromatic heterocycles. The first-order valence-corrected chi connectivity index (χ1v) is 6.00. The predicted molar refractivity (Wildman–Crippen MR) is 74.1 cm³/mol. The first-order chi connectivity index (χ1) is 8.60. The fourth-order valence-corrected chi connectivity index (χ4v) is 1.66. The molecule has 1 rings (SSSR count). The normalized spacial score (nSPS) is 9.94. The highest BCUT2D eigenvalue weighted by molar-refractivity contribution is 6.34. The summed E-state index contributed by atoms with van der Waals surface area (Å²) in [7, 11) is 0. The minimum absolute atomic E-state index is 0.0944. The summed E-state index contributed by atoms with van der Waals surface area (Å²) in [4.78, 5) is 13.4. The Kier molecular flexibility index (Phi) is 5.68. The monoisotopic (exact) mass is 268 g/mol. The lowest BCUT2D eigenvalue weighted by Gasteiger charge is -2.21. The molecule has 0 unspecified atom stereocenters. The Bertz CT molecular complexity index is 435. The lowest BCUT2D eigenvalue weighted by molar-refractivity contribution is 0.195. The molecule has 0 saturated heterocycles. The predicted octanol–water partition coefficient (Wildman–Crippen LogP) is 2.66. The summed E-state index contributed by atoms with van der Waals surface area (Å²) < 4.78 is 0. The maximum atomic E-state index is 12.0. The van der Waals surface area contributed by atoms with Gasteiger partial charge in [0.15, 0.2) is 0 Å². The number of urea groups is 1. The van der Waals surface area contributed by atoms with Crippen LogP contribution in [0.4, 0.5) is 10.5 Å². The number of amides is 2. The molecule has 0 spiro atoms. The van der Waals surface area contributed by atoms with Gasteiger partial charge in [0, 0.05) is 13.1 Å². The molecule has 2 amide bonds. The van der Waals surface area contributed by atoms with Gasteiger partial charge < -0.3 is 15.3 Å². The summed E-state index contributed by atoms with van der Waals surface area (Å²) >= 11 is 6.09. The topological polar surface area (TPSA) is 52.6 Å².